The van der Waals surface area contributed by atoms with Gasteiger partial charge in [0, 0.05) is 24.1 Å². The molecule has 0 spiro atoms. The normalized spacial score (nSPS) is 12.4. The highest BCUT2D eigenvalue weighted by molar-refractivity contribution is 5.89. The lowest BCUT2D eigenvalue weighted by Crippen LogP contribution is -2.03. The van der Waals surface area contributed by atoms with Crippen LogP contribution in [0.3, 0.4) is 0 Å². The van der Waals surface area contributed by atoms with Gasteiger partial charge in [-0.2, -0.15) is 0 Å². The number of rotatable bonds is 5. The lowest BCUT2D eigenvalue weighted by atomic mass is 10.1. The minimum atomic E-state index is -0.994. The smallest absolute Gasteiger partial charge is 0.335 e. The number of carboxylic acids is 1. The fraction of sp³-hybridized carbons (Fsp3) is 0.235. The van der Waals surface area contributed by atoms with Crippen molar-refractivity contribution in [2.24, 2.45) is 0 Å². The van der Waals surface area contributed by atoms with E-state index in [9.17, 15) is 14.9 Å². The van der Waals surface area contributed by atoms with Gasteiger partial charge < -0.3 is 14.6 Å². The van der Waals surface area contributed by atoms with E-state index in [1.165, 1.54) is 12.1 Å². The van der Waals surface area contributed by atoms with Crippen LogP contribution >= 0.6 is 0 Å². The Labute approximate surface area is 137 Å². The molecule has 1 N–H and O–H groups in total. The highest BCUT2D eigenvalue weighted by atomic mass is 16.6. The number of benzene rings is 2. The van der Waals surface area contributed by atoms with Crippen LogP contribution < -0.4 is 9.47 Å². The number of carbonyl (C=O) groups is 1. The van der Waals surface area contributed by atoms with Gasteiger partial charge in [0.15, 0.2) is 0 Å². The molecule has 0 fully saturated rings. The Morgan fingerprint density at radius 1 is 1.38 bits per heavy atom. The number of hydrogen-bond acceptors (Lipinski definition) is 5. The average molecular weight is 329 g/mol. The molecule has 7 nitrogen and oxygen atoms in total. The summed E-state index contributed by atoms with van der Waals surface area (Å²) in [5.41, 5.74) is 2.26. The fourth-order valence-corrected chi connectivity index (χ4v) is 2.67. The molecule has 0 saturated carbocycles. The highest BCUT2D eigenvalue weighted by Gasteiger charge is 2.23. The van der Waals surface area contributed by atoms with Crippen molar-refractivity contribution >= 4 is 11.7 Å². The zero-order chi connectivity index (χ0) is 17.3. The van der Waals surface area contributed by atoms with Gasteiger partial charge in [0.1, 0.15) is 12.4 Å². The van der Waals surface area contributed by atoms with Gasteiger partial charge in [-0.25, -0.2) is 4.79 Å². The largest absolute Gasteiger partial charge is 0.493 e. The van der Waals surface area contributed by atoms with Gasteiger partial charge in [0.25, 0.3) is 0 Å². The second-order valence-electron chi connectivity index (χ2n) is 5.53. The Hall–Kier alpha value is -3.09. The van der Waals surface area contributed by atoms with Gasteiger partial charge >= 0.3 is 11.7 Å². The van der Waals surface area contributed by atoms with E-state index in [2.05, 4.69) is 0 Å². The minimum absolute atomic E-state index is 0.0976. The van der Waals surface area contributed by atoms with Crippen LogP contribution in [-0.4, -0.2) is 22.6 Å². The summed E-state index contributed by atoms with van der Waals surface area (Å²) in [7, 11) is 0. The molecular formula is C17H15NO6. The molecule has 0 unspecified atom stereocenters. The first-order valence-electron chi connectivity index (χ1n) is 7.35. The van der Waals surface area contributed by atoms with Crippen LogP contribution in [0.5, 0.6) is 11.5 Å². The molecule has 0 atom stereocenters. The third kappa shape index (κ3) is 3.01. The van der Waals surface area contributed by atoms with Gasteiger partial charge in [-0.3, -0.25) is 10.1 Å². The van der Waals surface area contributed by atoms with Crippen LogP contribution in [0.4, 0.5) is 5.69 Å². The number of hydrogen-bond donors (Lipinski definition) is 1. The van der Waals surface area contributed by atoms with Gasteiger partial charge in [-0.15, -0.1) is 0 Å². The summed E-state index contributed by atoms with van der Waals surface area (Å²) >= 11 is 0. The molecule has 2 aromatic rings. The van der Waals surface area contributed by atoms with Gasteiger partial charge in [-0.05, 0) is 24.1 Å². The molecule has 124 valence electrons. The first-order chi connectivity index (χ1) is 11.5. The van der Waals surface area contributed by atoms with E-state index >= 15 is 0 Å². The van der Waals surface area contributed by atoms with Crippen molar-refractivity contribution in [1.82, 2.24) is 0 Å². The lowest BCUT2D eigenvalue weighted by molar-refractivity contribution is -0.386. The molecule has 7 heteroatoms. The molecule has 0 aromatic heterocycles. The van der Waals surface area contributed by atoms with Crippen LogP contribution in [0, 0.1) is 17.0 Å². The SMILES string of the molecule is Cc1cc(COc2cc3c(cc2[N+](=O)[O-])CCO3)ccc1C(=O)O. The topological polar surface area (TPSA) is 98.9 Å². The number of carboxylic acid groups (broad SMARTS) is 1. The summed E-state index contributed by atoms with van der Waals surface area (Å²) in [6.07, 6.45) is 0.645. The average Bonchev–Trinajstić information content (AvgIpc) is 2.98. The molecule has 1 aliphatic rings. The second kappa shape index (κ2) is 6.19. The van der Waals surface area contributed by atoms with Crippen molar-refractivity contribution in [2.75, 3.05) is 6.61 Å². The summed E-state index contributed by atoms with van der Waals surface area (Å²) in [4.78, 5) is 21.8. The lowest BCUT2D eigenvalue weighted by Gasteiger charge is -2.10. The zero-order valence-corrected chi connectivity index (χ0v) is 12.9. The van der Waals surface area contributed by atoms with E-state index in [0.717, 1.165) is 11.1 Å². The van der Waals surface area contributed by atoms with Crippen LogP contribution in [0.2, 0.25) is 0 Å². The molecule has 1 aliphatic heterocycles. The van der Waals surface area contributed by atoms with E-state index in [4.69, 9.17) is 14.6 Å². The monoisotopic (exact) mass is 329 g/mol. The maximum absolute atomic E-state index is 11.2. The molecule has 2 aromatic carbocycles. The van der Waals surface area contributed by atoms with E-state index in [1.807, 2.05) is 0 Å². The van der Waals surface area contributed by atoms with Crippen LogP contribution in [-0.2, 0) is 13.0 Å². The summed E-state index contributed by atoms with van der Waals surface area (Å²) in [5, 5.41) is 20.3. The predicted molar refractivity (Wildman–Crippen MR) is 84.8 cm³/mol. The number of aryl methyl sites for hydroxylation is 1. The number of nitrogens with zero attached hydrogens (tertiary/aromatic N) is 1. The third-order valence-electron chi connectivity index (χ3n) is 3.88. The third-order valence-corrected chi connectivity index (χ3v) is 3.88. The molecule has 0 saturated heterocycles. The van der Waals surface area contributed by atoms with Crippen molar-refractivity contribution in [3.63, 3.8) is 0 Å². The molecular weight excluding hydrogens is 314 g/mol. The molecule has 0 bridgehead atoms. The van der Waals surface area contributed by atoms with E-state index in [1.54, 1.807) is 25.1 Å². The first kappa shape index (κ1) is 15.8. The molecule has 0 radical (unpaired) electrons. The first-order valence-corrected chi connectivity index (χ1v) is 7.35. The standard InChI is InChI=1S/C17H15NO6/c1-10-6-11(2-3-13(10)17(19)20)9-24-16-8-15-12(4-5-23-15)7-14(16)18(21)22/h2-3,6-8H,4-5,9H2,1H3,(H,19,20). The van der Waals surface area contributed by atoms with E-state index < -0.39 is 10.9 Å². The summed E-state index contributed by atoms with van der Waals surface area (Å²) in [6.45, 7) is 2.30. The number of nitro benzene ring substituents is 1. The van der Waals surface area contributed by atoms with Crippen molar-refractivity contribution in [3.05, 3.63) is 62.7 Å². The molecule has 3 rings (SSSR count). The maximum atomic E-state index is 11.2. The Kier molecular flexibility index (Phi) is 4.07. The predicted octanol–water partition coefficient (Wildman–Crippen LogP) is 3.12. The van der Waals surface area contributed by atoms with E-state index in [0.29, 0.717) is 24.3 Å². The van der Waals surface area contributed by atoms with Crippen molar-refractivity contribution < 1.29 is 24.3 Å². The number of aromatic carboxylic acids is 1. The molecule has 24 heavy (non-hydrogen) atoms. The summed E-state index contributed by atoms with van der Waals surface area (Å²) in [6, 6.07) is 7.84. The number of ether oxygens (including phenoxy) is 2. The quantitative estimate of drug-likeness (QED) is 0.668. The van der Waals surface area contributed by atoms with Crippen LogP contribution in [0.15, 0.2) is 30.3 Å². The minimum Gasteiger partial charge on any atom is -0.493 e. The van der Waals surface area contributed by atoms with Crippen LogP contribution in [0.1, 0.15) is 27.0 Å². The number of nitro groups is 1. The van der Waals surface area contributed by atoms with Crippen molar-refractivity contribution in [1.29, 1.82) is 0 Å². The molecule has 0 amide bonds. The van der Waals surface area contributed by atoms with Crippen molar-refractivity contribution in [2.45, 2.75) is 20.0 Å². The summed E-state index contributed by atoms with van der Waals surface area (Å²) < 4.78 is 11.0. The van der Waals surface area contributed by atoms with Crippen molar-refractivity contribution in [3.8, 4) is 11.5 Å². The Bertz CT molecular complexity index is 830. The fourth-order valence-electron chi connectivity index (χ4n) is 2.67. The molecule has 0 aliphatic carbocycles. The van der Waals surface area contributed by atoms with Gasteiger partial charge in [0.05, 0.1) is 17.1 Å². The summed E-state index contributed by atoms with van der Waals surface area (Å²) in [5.74, 6) is -0.250. The highest BCUT2D eigenvalue weighted by Crippen LogP contribution is 2.37. The second-order valence-corrected chi connectivity index (χ2v) is 5.53. The maximum Gasteiger partial charge on any atom is 0.335 e. The Morgan fingerprint density at radius 2 is 2.17 bits per heavy atom. The Balaban J connectivity index is 1.83. The van der Waals surface area contributed by atoms with Gasteiger partial charge in [-0.1, -0.05) is 12.1 Å². The van der Waals surface area contributed by atoms with E-state index in [-0.39, 0.29) is 23.6 Å². The zero-order valence-electron chi connectivity index (χ0n) is 12.9. The number of fused-ring (bicyclic) bond motifs is 1. The Morgan fingerprint density at radius 3 is 2.83 bits per heavy atom. The molecule has 1 heterocycles. The van der Waals surface area contributed by atoms with Crippen LogP contribution in [0.25, 0.3) is 0 Å². The van der Waals surface area contributed by atoms with Gasteiger partial charge in [0.2, 0.25) is 5.75 Å².